The largest absolute Gasteiger partial charge is 0.490 e. The lowest BCUT2D eigenvalue weighted by atomic mass is 10.1. The molecule has 2 aliphatic heterocycles. The second-order valence-electron chi connectivity index (χ2n) is 7.09. The van der Waals surface area contributed by atoms with Crippen molar-refractivity contribution in [3.8, 4) is 17.2 Å². The Bertz CT molecular complexity index is 817. The van der Waals surface area contributed by atoms with Gasteiger partial charge in [-0.3, -0.25) is 9.78 Å². The topological polar surface area (TPSA) is 60.9 Å². The molecule has 1 saturated heterocycles. The average Bonchev–Trinajstić information content (AvgIpc) is 2.69. The number of carbonyl (C=O) groups excluding carboxylic acids is 1. The first-order chi connectivity index (χ1) is 13.1. The fraction of sp³-hybridized carbons (Fsp3) is 0.429. The third-order valence-electron chi connectivity index (χ3n) is 5.10. The van der Waals surface area contributed by atoms with Gasteiger partial charge in [0.1, 0.15) is 18.0 Å². The molecule has 0 radical (unpaired) electrons. The van der Waals surface area contributed by atoms with Crippen LogP contribution in [0.25, 0.3) is 0 Å². The number of rotatable bonds is 3. The van der Waals surface area contributed by atoms with Gasteiger partial charge in [-0.15, -0.1) is 0 Å². The van der Waals surface area contributed by atoms with Crippen LogP contribution in [0.15, 0.2) is 42.7 Å². The number of nitrogens with zero attached hydrogens (tertiary/aromatic N) is 2. The lowest BCUT2D eigenvalue weighted by molar-refractivity contribution is -0.146. The molecule has 2 atom stereocenters. The van der Waals surface area contributed by atoms with Gasteiger partial charge in [-0.05, 0) is 32.0 Å². The Kier molecular flexibility index (Phi) is 4.88. The van der Waals surface area contributed by atoms with Crippen molar-refractivity contribution < 1.29 is 19.0 Å². The number of hydrogen-bond acceptors (Lipinski definition) is 5. The van der Waals surface area contributed by atoms with Gasteiger partial charge in [-0.1, -0.05) is 12.1 Å². The molecule has 6 heteroatoms. The van der Waals surface area contributed by atoms with E-state index in [1.54, 1.807) is 12.4 Å². The van der Waals surface area contributed by atoms with E-state index in [0.29, 0.717) is 24.6 Å². The quantitative estimate of drug-likeness (QED) is 0.834. The van der Waals surface area contributed by atoms with E-state index in [9.17, 15) is 4.79 Å². The maximum atomic E-state index is 13.0. The van der Waals surface area contributed by atoms with Gasteiger partial charge >= 0.3 is 0 Å². The molecule has 2 aromatic rings. The molecule has 1 fully saturated rings. The number of pyridine rings is 1. The van der Waals surface area contributed by atoms with Crippen LogP contribution in [0.3, 0.4) is 0 Å². The van der Waals surface area contributed by atoms with E-state index >= 15 is 0 Å². The van der Waals surface area contributed by atoms with Gasteiger partial charge < -0.3 is 19.1 Å². The van der Waals surface area contributed by atoms with Crippen LogP contribution in [0, 0.1) is 6.92 Å². The summed E-state index contributed by atoms with van der Waals surface area (Å²) in [5.74, 6) is 2.16. The molecule has 1 aromatic heterocycles. The Morgan fingerprint density at radius 2 is 1.85 bits per heavy atom. The number of aryl methyl sites for hydroxylation is 1. The molecule has 0 saturated carbocycles. The molecule has 2 unspecified atom stereocenters. The molecule has 0 spiro atoms. The highest BCUT2D eigenvalue weighted by Crippen LogP contribution is 2.34. The van der Waals surface area contributed by atoms with Crippen LogP contribution in [-0.4, -0.2) is 47.2 Å². The van der Waals surface area contributed by atoms with Gasteiger partial charge in [-0.25, -0.2) is 0 Å². The summed E-state index contributed by atoms with van der Waals surface area (Å²) in [5, 5.41) is 0. The number of hydrogen-bond donors (Lipinski definition) is 0. The van der Waals surface area contributed by atoms with E-state index in [0.717, 1.165) is 24.2 Å². The smallest absolute Gasteiger partial charge is 0.267 e. The molecule has 0 bridgehead atoms. The van der Waals surface area contributed by atoms with Crippen molar-refractivity contribution in [2.45, 2.75) is 45.0 Å². The summed E-state index contributed by atoms with van der Waals surface area (Å²) in [6.45, 7) is 5.17. The SMILES string of the molecule is Cc1cnccc1OC1CCN(C(=O)C2Oc3ccccc3OC2C)CC1. The summed E-state index contributed by atoms with van der Waals surface area (Å²) in [7, 11) is 0. The minimum atomic E-state index is -0.611. The molecule has 27 heavy (non-hydrogen) atoms. The van der Waals surface area contributed by atoms with Gasteiger partial charge in [0.15, 0.2) is 11.5 Å². The second-order valence-corrected chi connectivity index (χ2v) is 7.09. The molecular weight excluding hydrogens is 344 g/mol. The first kappa shape index (κ1) is 17.6. The normalized spacial score (nSPS) is 22.4. The number of likely N-dealkylation sites (tertiary alicyclic amines) is 1. The number of carbonyl (C=O) groups is 1. The number of benzene rings is 1. The van der Waals surface area contributed by atoms with Crippen molar-refractivity contribution in [3.63, 3.8) is 0 Å². The molecule has 2 aliphatic rings. The van der Waals surface area contributed by atoms with Crippen LogP contribution in [-0.2, 0) is 4.79 Å². The minimum absolute atomic E-state index is 0.0180. The van der Waals surface area contributed by atoms with Crippen molar-refractivity contribution in [1.29, 1.82) is 0 Å². The van der Waals surface area contributed by atoms with Crippen LogP contribution in [0.5, 0.6) is 17.2 Å². The highest BCUT2D eigenvalue weighted by molar-refractivity contribution is 5.82. The number of ether oxygens (including phenoxy) is 3. The molecule has 0 N–H and O–H groups in total. The van der Waals surface area contributed by atoms with Gasteiger partial charge in [0.2, 0.25) is 6.10 Å². The number of piperidine rings is 1. The van der Waals surface area contributed by atoms with Crippen LogP contribution < -0.4 is 14.2 Å². The predicted octanol–water partition coefficient (Wildman–Crippen LogP) is 2.99. The van der Waals surface area contributed by atoms with Gasteiger partial charge in [0, 0.05) is 43.9 Å². The Labute approximate surface area is 159 Å². The number of amides is 1. The Morgan fingerprint density at radius 3 is 2.56 bits per heavy atom. The van der Waals surface area contributed by atoms with E-state index in [1.165, 1.54) is 0 Å². The Morgan fingerprint density at radius 1 is 1.15 bits per heavy atom. The van der Waals surface area contributed by atoms with Gasteiger partial charge in [-0.2, -0.15) is 0 Å². The highest BCUT2D eigenvalue weighted by atomic mass is 16.6. The molecular formula is C21H24N2O4. The minimum Gasteiger partial charge on any atom is -0.490 e. The summed E-state index contributed by atoms with van der Waals surface area (Å²) >= 11 is 0. The van der Waals surface area contributed by atoms with Gasteiger partial charge in [0.25, 0.3) is 5.91 Å². The monoisotopic (exact) mass is 368 g/mol. The van der Waals surface area contributed by atoms with E-state index in [-0.39, 0.29) is 18.1 Å². The Balaban J connectivity index is 1.36. The highest BCUT2D eigenvalue weighted by Gasteiger charge is 2.38. The van der Waals surface area contributed by atoms with Crippen LogP contribution in [0.2, 0.25) is 0 Å². The fourth-order valence-electron chi connectivity index (χ4n) is 3.54. The van der Waals surface area contributed by atoms with Crippen molar-refractivity contribution in [1.82, 2.24) is 9.88 Å². The molecule has 1 aromatic carbocycles. The zero-order chi connectivity index (χ0) is 18.8. The van der Waals surface area contributed by atoms with Crippen molar-refractivity contribution >= 4 is 5.91 Å². The predicted molar refractivity (Wildman–Crippen MR) is 100 cm³/mol. The summed E-state index contributed by atoms with van der Waals surface area (Å²) in [5.41, 5.74) is 1.02. The summed E-state index contributed by atoms with van der Waals surface area (Å²) < 4.78 is 17.9. The third-order valence-corrected chi connectivity index (χ3v) is 5.10. The van der Waals surface area contributed by atoms with E-state index in [4.69, 9.17) is 14.2 Å². The molecule has 4 rings (SSSR count). The van der Waals surface area contributed by atoms with Crippen molar-refractivity contribution in [2.75, 3.05) is 13.1 Å². The molecule has 3 heterocycles. The fourth-order valence-corrected chi connectivity index (χ4v) is 3.54. The second kappa shape index (κ2) is 7.47. The zero-order valence-electron chi connectivity index (χ0n) is 15.6. The molecule has 142 valence electrons. The first-order valence-corrected chi connectivity index (χ1v) is 9.40. The number of para-hydroxylation sites is 2. The lowest BCUT2D eigenvalue weighted by Gasteiger charge is -2.37. The number of aromatic nitrogens is 1. The maximum Gasteiger partial charge on any atom is 0.267 e. The maximum absolute atomic E-state index is 13.0. The van der Waals surface area contributed by atoms with Crippen molar-refractivity contribution in [2.24, 2.45) is 0 Å². The zero-order valence-corrected chi connectivity index (χ0v) is 15.6. The standard InChI is InChI=1S/C21H24N2O4/c1-14-13-22-10-7-17(14)26-16-8-11-23(12-9-16)21(24)20-15(2)25-18-5-3-4-6-19(18)27-20/h3-7,10,13,15-16,20H,8-9,11-12H2,1-2H3. The summed E-state index contributed by atoms with van der Waals surface area (Å²) in [6, 6.07) is 9.35. The van der Waals surface area contributed by atoms with Crippen LogP contribution in [0.1, 0.15) is 25.3 Å². The molecule has 6 nitrogen and oxygen atoms in total. The third kappa shape index (κ3) is 3.70. The summed E-state index contributed by atoms with van der Waals surface area (Å²) in [6.07, 6.45) is 4.31. The lowest BCUT2D eigenvalue weighted by Crippen LogP contribution is -2.53. The van der Waals surface area contributed by atoms with Crippen LogP contribution in [0.4, 0.5) is 0 Å². The van der Waals surface area contributed by atoms with Gasteiger partial charge in [0.05, 0.1) is 0 Å². The van der Waals surface area contributed by atoms with E-state index in [2.05, 4.69) is 4.98 Å². The van der Waals surface area contributed by atoms with E-state index < -0.39 is 6.10 Å². The van der Waals surface area contributed by atoms with Crippen molar-refractivity contribution in [3.05, 3.63) is 48.3 Å². The van der Waals surface area contributed by atoms with E-state index in [1.807, 2.05) is 49.1 Å². The first-order valence-electron chi connectivity index (χ1n) is 9.40. The molecule has 0 aliphatic carbocycles. The average molecular weight is 368 g/mol. The number of fused-ring (bicyclic) bond motifs is 1. The Hall–Kier alpha value is -2.76. The summed E-state index contributed by atoms with van der Waals surface area (Å²) in [4.78, 5) is 18.9. The molecule has 1 amide bonds. The van der Waals surface area contributed by atoms with Crippen LogP contribution >= 0.6 is 0 Å².